The topological polar surface area (TPSA) is 185 Å². The van der Waals surface area contributed by atoms with Gasteiger partial charge in [0.15, 0.2) is 0 Å². The van der Waals surface area contributed by atoms with E-state index in [9.17, 15) is 27.9 Å². The fourth-order valence-electron chi connectivity index (χ4n) is 2.08. The summed E-state index contributed by atoms with van der Waals surface area (Å²) in [5, 5.41) is 23.6. The van der Waals surface area contributed by atoms with E-state index in [1.54, 1.807) is 6.92 Å². The molecule has 0 spiro atoms. The molecule has 0 fully saturated rings. The number of carboxylic acids is 1. The second-order valence-corrected chi connectivity index (χ2v) is 11.5. The molecular formula is C26H51ClN4NaO8S. The summed E-state index contributed by atoms with van der Waals surface area (Å²) >= 11 is 0. The van der Waals surface area contributed by atoms with Gasteiger partial charge in [-0.05, 0) is 58.2 Å². The zero-order valence-electron chi connectivity index (χ0n) is 26.0. The normalized spacial score (nSPS) is 10.5. The van der Waals surface area contributed by atoms with Gasteiger partial charge in [0.2, 0.25) is 11.8 Å². The van der Waals surface area contributed by atoms with Crippen LogP contribution in [0.15, 0.2) is 55.1 Å². The third kappa shape index (κ3) is 51.2. The molecule has 2 amide bonds. The van der Waals surface area contributed by atoms with Gasteiger partial charge in [-0.2, -0.15) is 8.42 Å². The second kappa shape index (κ2) is 26.9. The Balaban J connectivity index is -0.0000000799. The monoisotopic (exact) mass is 637 g/mol. The number of halogens is 1. The number of hydrogen-bond donors (Lipinski definition) is 4. The predicted octanol–water partition coefficient (Wildman–Crippen LogP) is 1.61. The van der Waals surface area contributed by atoms with Gasteiger partial charge in [0.1, 0.15) is 0 Å². The molecule has 0 rings (SSSR count). The molecular weight excluding hydrogens is 587 g/mol. The predicted molar refractivity (Wildman–Crippen MR) is 170 cm³/mol. The molecule has 0 saturated carbocycles. The fraction of sp³-hybridized carbons (Fsp3) is 0.538. The van der Waals surface area contributed by atoms with Crippen molar-refractivity contribution in [2.24, 2.45) is 4.99 Å². The SMILES string of the molecule is C=C(C)C([O-])=NCCC[N+](C)(C)C.C=CC(=O)NC(C)(C)CS(=O)(=O)O.C=CC(=O)NC(C)C.C=CC(=O)O.Cl.[HH].[Na]. The van der Waals surface area contributed by atoms with Crippen LogP contribution in [0.25, 0.3) is 0 Å². The van der Waals surface area contributed by atoms with Crippen molar-refractivity contribution in [1.29, 1.82) is 0 Å². The van der Waals surface area contributed by atoms with E-state index in [4.69, 9.17) is 9.66 Å². The Bertz CT molecular complexity index is 968. The van der Waals surface area contributed by atoms with Gasteiger partial charge in [-0.25, -0.2) is 4.79 Å². The number of carboxylic acid groups (broad SMARTS) is 1. The molecule has 15 heteroatoms. The second-order valence-electron chi connectivity index (χ2n) is 10.0. The molecule has 0 aliphatic rings. The maximum Gasteiger partial charge on any atom is 0.327 e. The standard InChI is InChI=1S/C10H20N2O.C7H13NO4S.C6H11NO.C3H4O2.ClH.Na.H2/c1-9(2)10(13)11-7-6-8-12(3,4)5;1-4-6(9)8-7(2,3)5-13(10,11)12;1-4-6(8)7-5(2)3;1-2-3(4)5;;;/h1,6-8H2,2-5H3;4H,1,5H2,2-3H3,(H,8,9)(H,10,11,12);4-5H,1H2,2-3H3,(H,7,8);2H,1H2,(H,4,5);1H;;1H. The molecule has 4 N–H and O–H groups in total. The number of hydrogen-bond acceptors (Lipinski definition) is 7. The van der Waals surface area contributed by atoms with Crippen molar-refractivity contribution < 1.29 is 43.5 Å². The number of carbonyl (C=O) groups excluding carboxylic acids is 2. The summed E-state index contributed by atoms with van der Waals surface area (Å²) in [6.07, 6.45) is 4.08. The maximum atomic E-state index is 11.0. The van der Waals surface area contributed by atoms with E-state index in [0.29, 0.717) is 12.1 Å². The molecule has 0 bridgehead atoms. The van der Waals surface area contributed by atoms with Crippen molar-refractivity contribution in [3.8, 4) is 0 Å². The van der Waals surface area contributed by atoms with Crippen LogP contribution in [0, 0.1) is 0 Å². The molecule has 41 heavy (non-hydrogen) atoms. The largest absolute Gasteiger partial charge is 0.859 e. The number of nitrogens with zero attached hydrogens (tertiary/aromatic N) is 2. The van der Waals surface area contributed by atoms with Crippen LogP contribution in [-0.4, -0.2) is 127 Å². The Morgan fingerprint density at radius 3 is 1.73 bits per heavy atom. The Hall–Kier alpha value is -2.00. The Morgan fingerprint density at radius 2 is 1.49 bits per heavy atom. The fourth-order valence-corrected chi connectivity index (χ4v) is 3.06. The van der Waals surface area contributed by atoms with Crippen LogP contribution in [0.1, 0.15) is 42.5 Å². The van der Waals surface area contributed by atoms with Crippen molar-refractivity contribution >= 4 is 75.8 Å². The average Bonchev–Trinajstić information content (AvgIpc) is 2.74. The van der Waals surface area contributed by atoms with Crippen LogP contribution < -0.4 is 15.7 Å². The number of amides is 2. The van der Waals surface area contributed by atoms with E-state index in [1.807, 2.05) is 13.8 Å². The first-order chi connectivity index (χ1) is 17.4. The van der Waals surface area contributed by atoms with Gasteiger partial charge in [0, 0.05) is 56.1 Å². The summed E-state index contributed by atoms with van der Waals surface area (Å²) < 4.78 is 30.4. The molecule has 0 aliphatic carbocycles. The molecule has 0 unspecified atom stereocenters. The number of quaternary nitrogens is 1. The summed E-state index contributed by atoms with van der Waals surface area (Å²) in [5.41, 5.74) is -0.482. The number of rotatable bonds is 12. The van der Waals surface area contributed by atoms with Crippen LogP contribution in [0.4, 0.5) is 0 Å². The molecule has 0 aromatic carbocycles. The Kier molecular flexibility index (Phi) is 33.9. The molecule has 237 valence electrons. The molecule has 0 aromatic heterocycles. The number of carbonyl (C=O) groups is 3. The Morgan fingerprint density at radius 1 is 1.07 bits per heavy atom. The molecule has 1 radical (unpaired) electrons. The zero-order valence-corrected chi connectivity index (χ0v) is 29.7. The van der Waals surface area contributed by atoms with E-state index in [1.165, 1.54) is 19.9 Å². The quantitative estimate of drug-likeness (QED) is 0.0473. The van der Waals surface area contributed by atoms with Crippen molar-refractivity contribution in [2.75, 3.05) is 40.0 Å². The van der Waals surface area contributed by atoms with Crippen molar-refractivity contribution in [2.45, 2.75) is 52.6 Å². The van der Waals surface area contributed by atoms with Crippen LogP contribution in [-0.2, 0) is 24.5 Å². The molecule has 0 aliphatic heterocycles. The average molecular weight is 638 g/mol. The van der Waals surface area contributed by atoms with Crippen LogP contribution >= 0.6 is 12.4 Å². The third-order valence-electron chi connectivity index (χ3n) is 3.59. The van der Waals surface area contributed by atoms with Crippen LogP contribution in [0.5, 0.6) is 0 Å². The smallest absolute Gasteiger partial charge is 0.327 e. The van der Waals surface area contributed by atoms with Gasteiger partial charge in [-0.3, -0.25) is 14.1 Å². The van der Waals surface area contributed by atoms with Crippen molar-refractivity contribution in [3.63, 3.8) is 0 Å². The van der Waals surface area contributed by atoms with Crippen molar-refractivity contribution in [3.05, 3.63) is 50.1 Å². The molecule has 0 heterocycles. The minimum absolute atomic E-state index is 0. The summed E-state index contributed by atoms with van der Waals surface area (Å²) in [6, 6.07) is 0.209. The minimum atomic E-state index is -4.08. The van der Waals surface area contributed by atoms with E-state index in [0.717, 1.165) is 29.6 Å². The zero-order chi connectivity index (χ0) is 32.0. The molecule has 0 aromatic rings. The van der Waals surface area contributed by atoms with Crippen molar-refractivity contribution in [1.82, 2.24) is 10.6 Å². The molecule has 0 atom stereocenters. The van der Waals surface area contributed by atoms with Gasteiger partial charge in [0.05, 0.1) is 39.0 Å². The van der Waals surface area contributed by atoms with Crippen LogP contribution in [0.3, 0.4) is 0 Å². The number of aliphatic imine (C=N–C) groups is 1. The first kappa shape index (κ1) is 51.7. The summed E-state index contributed by atoms with van der Waals surface area (Å²) in [6.45, 7) is 23.1. The van der Waals surface area contributed by atoms with Gasteiger partial charge in [-0.1, -0.05) is 26.3 Å². The summed E-state index contributed by atoms with van der Waals surface area (Å²) in [7, 11) is 2.29. The van der Waals surface area contributed by atoms with Gasteiger partial charge in [0.25, 0.3) is 10.1 Å². The van der Waals surface area contributed by atoms with E-state index < -0.39 is 33.3 Å². The van der Waals surface area contributed by atoms with Gasteiger partial charge in [-0.15, -0.1) is 12.4 Å². The van der Waals surface area contributed by atoms with Gasteiger partial charge >= 0.3 is 5.97 Å². The molecule has 12 nitrogen and oxygen atoms in total. The van der Waals surface area contributed by atoms with E-state index >= 15 is 0 Å². The number of nitrogens with one attached hydrogen (secondary N) is 2. The Labute approximate surface area is 276 Å². The number of aliphatic carboxylic acids is 1. The third-order valence-corrected chi connectivity index (χ3v) is 4.68. The van der Waals surface area contributed by atoms with Gasteiger partial charge < -0.3 is 30.3 Å². The summed E-state index contributed by atoms with van der Waals surface area (Å²) in [4.78, 5) is 34.3. The first-order valence-corrected chi connectivity index (χ1v) is 13.4. The minimum Gasteiger partial charge on any atom is -0.859 e. The first-order valence-electron chi connectivity index (χ1n) is 11.8. The maximum absolute atomic E-state index is 11.0. The molecule has 0 saturated heterocycles. The van der Waals surface area contributed by atoms with Crippen LogP contribution in [0.2, 0.25) is 0 Å². The van der Waals surface area contributed by atoms with E-state index in [2.05, 4.69) is 63.1 Å². The summed E-state index contributed by atoms with van der Waals surface area (Å²) in [5.74, 6) is -2.26. The van der Waals surface area contributed by atoms with E-state index in [-0.39, 0.29) is 61.2 Å².